The summed E-state index contributed by atoms with van der Waals surface area (Å²) in [6, 6.07) is -0.576. The van der Waals surface area contributed by atoms with Crippen LogP contribution in [0.15, 0.2) is 12.4 Å². The Labute approximate surface area is 75.8 Å². The van der Waals surface area contributed by atoms with Crippen LogP contribution in [-0.4, -0.2) is 4.98 Å². The third kappa shape index (κ3) is 2.21. The lowest BCUT2D eigenvalue weighted by Crippen LogP contribution is -2.14. The van der Waals surface area contributed by atoms with E-state index in [-0.39, 0.29) is 5.56 Å². The van der Waals surface area contributed by atoms with Crippen LogP contribution in [0.25, 0.3) is 0 Å². The third-order valence-corrected chi connectivity index (χ3v) is 1.86. The molecule has 1 aromatic rings. The standard InChI is InChI=1S/C9H12F2N2/c1-2-3-8(12)9-6(10)4-13-5-7(9)11/h4-5,8H,2-3,12H2,1H3/t8-/m1/s1. The Bertz CT molecular complexity index is 269. The zero-order valence-electron chi connectivity index (χ0n) is 7.43. The second-order valence-electron chi connectivity index (χ2n) is 2.91. The van der Waals surface area contributed by atoms with Gasteiger partial charge in [-0.05, 0) is 6.42 Å². The quantitative estimate of drug-likeness (QED) is 0.785. The summed E-state index contributed by atoms with van der Waals surface area (Å²) in [5.41, 5.74) is 5.54. The molecule has 0 aliphatic heterocycles. The summed E-state index contributed by atoms with van der Waals surface area (Å²) in [5.74, 6) is -1.33. The molecule has 0 aliphatic rings. The second kappa shape index (κ2) is 4.28. The van der Waals surface area contributed by atoms with E-state index in [2.05, 4.69) is 4.98 Å². The number of rotatable bonds is 3. The van der Waals surface area contributed by atoms with E-state index in [0.29, 0.717) is 6.42 Å². The van der Waals surface area contributed by atoms with Gasteiger partial charge >= 0.3 is 0 Å². The molecule has 0 aliphatic carbocycles. The van der Waals surface area contributed by atoms with E-state index in [4.69, 9.17) is 5.73 Å². The van der Waals surface area contributed by atoms with Gasteiger partial charge in [0.25, 0.3) is 0 Å². The van der Waals surface area contributed by atoms with Crippen LogP contribution >= 0.6 is 0 Å². The van der Waals surface area contributed by atoms with Gasteiger partial charge in [0, 0.05) is 11.6 Å². The number of nitrogens with zero attached hydrogens (tertiary/aromatic N) is 1. The van der Waals surface area contributed by atoms with Crippen molar-refractivity contribution >= 4 is 0 Å². The van der Waals surface area contributed by atoms with Crippen molar-refractivity contribution in [2.24, 2.45) is 5.73 Å². The molecule has 0 bridgehead atoms. The van der Waals surface area contributed by atoms with Crippen LogP contribution in [0.3, 0.4) is 0 Å². The monoisotopic (exact) mass is 186 g/mol. The minimum absolute atomic E-state index is 0.0585. The second-order valence-corrected chi connectivity index (χ2v) is 2.91. The minimum atomic E-state index is -0.666. The van der Waals surface area contributed by atoms with Crippen molar-refractivity contribution in [3.8, 4) is 0 Å². The molecule has 0 saturated heterocycles. The highest BCUT2D eigenvalue weighted by atomic mass is 19.1. The van der Waals surface area contributed by atoms with E-state index in [1.54, 1.807) is 0 Å². The molecule has 0 unspecified atom stereocenters. The van der Waals surface area contributed by atoms with Crippen LogP contribution in [0.2, 0.25) is 0 Å². The van der Waals surface area contributed by atoms with E-state index < -0.39 is 17.7 Å². The summed E-state index contributed by atoms with van der Waals surface area (Å²) in [4.78, 5) is 3.38. The Morgan fingerprint density at radius 1 is 1.38 bits per heavy atom. The average Bonchev–Trinajstić information content (AvgIpc) is 2.04. The Morgan fingerprint density at radius 2 is 1.92 bits per heavy atom. The average molecular weight is 186 g/mol. The smallest absolute Gasteiger partial charge is 0.149 e. The summed E-state index contributed by atoms with van der Waals surface area (Å²) in [6.07, 6.45) is 3.32. The molecule has 0 aromatic carbocycles. The summed E-state index contributed by atoms with van der Waals surface area (Å²) >= 11 is 0. The largest absolute Gasteiger partial charge is 0.324 e. The minimum Gasteiger partial charge on any atom is -0.324 e. The van der Waals surface area contributed by atoms with Crippen LogP contribution in [0, 0.1) is 11.6 Å². The first-order valence-corrected chi connectivity index (χ1v) is 4.21. The van der Waals surface area contributed by atoms with Crippen LogP contribution in [0.5, 0.6) is 0 Å². The van der Waals surface area contributed by atoms with Crippen LogP contribution in [-0.2, 0) is 0 Å². The lowest BCUT2D eigenvalue weighted by atomic mass is 10.0. The normalized spacial score (nSPS) is 12.9. The van der Waals surface area contributed by atoms with Crippen molar-refractivity contribution in [1.82, 2.24) is 4.98 Å². The molecule has 1 rings (SSSR count). The number of hydrogen-bond donors (Lipinski definition) is 1. The summed E-state index contributed by atoms with van der Waals surface area (Å²) in [6.45, 7) is 1.91. The number of nitrogens with two attached hydrogens (primary N) is 1. The summed E-state index contributed by atoms with van der Waals surface area (Å²) < 4.78 is 26.1. The lowest BCUT2D eigenvalue weighted by Gasteiger charge is -2.11. The number of hydrogen-bond acceptors (Lipinski definition) is 2. The number of pyridine rings is 1. The van der Waals surface area contributed by atoms with Gasteiger partial charge < -0.3 is 5.73 Å². The molecule has 4 heteroatoms. The van der Waals surface area contributed by atoms with Gasteiger partial charge in [0.15, 0.2) is 0 Å². The Kier molecular flexibility index (Phi) is 3.31. The Balaban J connectivity index is 2.98. The number of aromatic nitrogens is 1. The van der Waals surface area contributed by atoms with Crippen molar-refractivity contribution in [3.05, 3.63) is 29.6 Å². The fourth-order valence-corrected chi connectivity index (χ4v) is 1.23. The molecule has 2 N–H and O–H groups in total. The first kappa shape index (κ1) is 10.1. The van der Waals surface area contributed by atoms with E-state index >= 15 is 0 Å². The van der Waals surface area contributed by atoms with Gasteiger partial charge in [-0.15, -0.1) is 0 Å². The van der Waals surface area contributed by atoms with E-state index in [1.165, 1.54) is 0 Å². The Morgan fingerprint density at radius 3 is 2.38 bits per heavy atom. The predicted molar refractivity (Wildman–Crippen MR) is 46.0 cm³/mol. The highest BCUT2D eigenvalue weighted by Gasteiger charge is 2.15. The van der Waals surface area contributed by atoms with Crippen molar-refractivity contribution in [2.75, 3.05) is 0 Å². The van der Waals surface area contributed by atoms with Crippen molar-refractivity contribution in [2.45, 2.75) is 25.8 Å². The van der Waals surface area contributed by atoms with Gasteiger partial charge in [-0.25, -0.2) is 8.78 Å². The molecule has 72 valence electrons. The molecule has 13 heavy (non-hydrogen) atoms. The van der Waals surface area contributed by atoms with Crippen molar-refractivity contribution in [3.63, 3.8) is 0 Å². The van der Waals surface area contributed by atoms with Gasteiger partial charge in [0.2, 0.25) is 0 Å². The highest BCUT2D eigenvalue weighted by molar-refractivity contribution is 5.18. The third-order valence-electron chi connectivity index (χ3n) is 1.86. The first-order chi connectivity index (χ1) is 6.16. The van der Waals surface area contributed by atoms with Crippen molar-refractivity contribution in [1.29, 1.82) is 0 Å². The maximum absolute atomic E-state index is 13.0. The van der Waals surface area contributed by atoms with Gasteiger partial charge in [-0.3, -0.25) is 4.98 Å². The van der Waals surface area contributed by atoms with Crippen molar-refractivity contribution < 1.29 is 8.78 Å². The van der Waals surface area contributed by atoms with Gasteiger partial charge in [-0.1, -0.05) is 13.3 Å². The summed E-state index contributed by atoms with van der Waals surface area (Å²) in [7, 11) is 0. The molecule has 0 radical (unpaired) electrons. The predicted octanol–water partition coefficient (Wildman–Crippen LogP) is 2.16. The van der Waals surface area contributed by atoms with Crippen LogP contribution in [0.1, 0.15) is 31.4 Å². The zero-order chi connectivity index (χ0) is 9.84. The first-order valence-electron chi connectivity index (χ1n) is 4.21. The fourth-order valence-electron chi connectivity index (χ4n) is 1.23. The highest BCUT2D eigenvalue weighted by Crippen LogP contribution is 2.20. The SMILES string of the molecule is CCC[C@@H](N)c1c(F)cncc1F. The van der Waals surface area contributed by atoms with Gasteiger partial charge in [0.1, 0.15) is 11.6 Å². The van der Waals surface area contributed by atoms with Gasteiger partial charge in [-0.2, -0.15) is 0 Å². The molecule has 1 heterocycles. The molecular formula is C9H12F2N2. The molecule has 1 atom stereocenters. The Hall–Kier alpha value is -1.03. The van der Waals surface area contributed by atoms with Gasteiger partial charge in [0.05, 0.1) is 12.4 Å². The molecule has 1 aromatic heterocycles. The summed E-state index contributed by atoms with van der Waals surface area (Å²) in [5, 5.41) is 0. The fraction of sp³-hybridized carbons (Fsp3) is 0.444. The molecule has 0 fully saturated rings. The number of halogens is 2. The maximum Gasteiger partial charge on any atom is 0.149 e. The molecule has 0 spiro atoms. The van der Waals surface area contributed by atoms with Crippen LogP contribution in [0.4, 0.5) is 8.78 Å². The zero-order valence-corrected chi connectivity index (χ0v) is 7.43. The maximum atomic E-state index is 13.0. The molecular weight excluding hydrogens is 174 g/mol. The molecule has 2 nitrogen and oxygen atoms in total. The van der Waals surface area contributed by atoms with E-state index in [0.717, 1.165) is 18.8 Å². The van der Waals surface area contributed by atoms with Crippen LogP contribution < -0.4 is 5.73 Å². The molecule has 0 amide bonds. The van der Waals surface area contributed by atoms with E-state index in [1.807, 2.05) is 6.92 Å². The lowest BCUT2D eigenvalue weighted by molar-refractivity contribution is 0.503. The van der Waals surface area contributed by atoms with E-state index in [9.17, 15) is 8.78 Å². The molecule has 0 saturated carbocycles. The topological polar surface area (TPSA) is 38.9 Å².